The summed E-state index contributed by atoms with van der Waals surface area (Å²) < 4.78 is 11.7. The van der Waals surface area contributed by atoms with Gasteiger partial charge in [0.25, 0.3) is 5.89 Å². The molecule has 3 heterocycles. The van der Waals surface area contributed by atoms with Crippen LogP contribution < -0.4 is 5.32 Å². The fourth-order valence-electron chi connectivity index (χ4n) is 2.19. The number of aromatic nitrogens is 6. The molecule has 0 saturated carbocycles. The zero-order valence-corrected chi connectivity index (χ0v) is 13.6. The number of amides is 1. The highest BCUT2D eigenvalue weighted by Gasteiger charge is 2.14. The van der Waals surface area contributed by atoms with E-state index < -0.39 is 0 Å². The van der Waals surface area contributed by atoms with E-state index in [1.807, 2.05) is 6.92 Å². The lowest BCUT2D eigenvalue weighted by atomic mass is 10.1. The SMILES string of the molecule is Cc1noc(-c2cn(CCNC(=O)Cc3c(C)noc3C)nn2)n1. The molecule has 126 valence electrons. The van der Waals surface area contributed by atoms with Gasteiger partial charge in [-0.2, -0.15) is 4.98 Å². The van der Waals surface area contributed by atoms with Gasteiger partial charge in [0, 0.05) is 12.1 Å². The fraction of sp³-hybridized carbons (Fsp3) is 0.429. The summed E-state index contributed by atoms with van der Waals surface area (Å²) in [5, 5.41) is 18.3. The Kier molecular flexibility index (Phi) is 4.36. The maximum atomic E-state index is 12.0. The molecule has 1 amide bonds. The molecule has 3 aromatic heterocycles. The highest BCUT2D eigenvalue weighted by molar-refractivity contribution is 5.78. The molecule has 0 radical (unpaired) electrons. The van der Waals surface area contributed by atoms with Crippen LogP contribution in [0.1, 0.15) is 22.8 Å². The van der Waals surface area contributed by atoms with Crippen LogP contribution >= 0.6 is 0 Å². The zero-order chi connectivity index (χ0) is 17.1. The van der Waals surface area contributed by atoms with Crippen molar-refractivity contribution in [1.82, 2.24) is 35.6 Å². The number of nitrogens with zero attached hydrogens (tertiary/aromatic N) is 6. The van der Waals surface area contributed by atoms with Gasteiger partial charge in [0.2, 0.25) is 5.91 Å². The van der Waals surface area contributed by atoms with Crippen LogP contribution in [-0.2, 0) is 17.8 Å². The van der Waals surface area contributed by atoms with Crippen LogP contribution in [-0.4, -0.2) is 42.7 Å². The molecule has 3 rings (SSSR count). The van der Waals surface area contributed by atoms with Crippen molar-refractivity contribution in [2.24, 2.45) is 0 Å². The van der Waals surface area contributed by atoms with Crippen LogP contribution in [0.2, 0.25) is 0 Å². The van der Waals surface area contributed by atoms with E-state index in [-0.39, 0.29) is 12.3 Å². The molecule has 24 heavy (non-hydrogen) atoms. The first-order chi connectivity index (χ1) is 11.5. The van der Waals surface area contributed by atoms with Crippen molar-refractivity contribution in [3.8, 4) is 11.6 Å². The van der Waals surface area contributed by atoms with Gasteiger partial charge in [-0.1, -0.05) is 15.5 Å². The Morgan fingerprint density at radius 2 is 2.08 bits per heavy atom. The first-order valence-electron chi connectivity index (χ1n) is 7.42. The molecular weight excluding hydrogens is 314 g/mol. The van der Waals surface area contributed by atoms with Crippen molar-refractivity contribution >= 4 is 5.91 Å². The molecule has 0 atom stereocenters. The summed E-state index contributed by atoms with van der Waals surface area (Å²) in [5.41, 5.74) is 2.05. The summed E-state index contributed by atoms with van der Waals surface area (Å²) in [6, 6.07) is 0. The minimum Gasteiger partial charge on any atom is -0.361 e. The monoisotopic (exact) mass is 331 g/mol. The average molecular weight is 331 g/mol. The summed E-state index contributed by atoms with van der Waals surface area (Å²) in [6.45, 7) is 6.24. The van der Waals surface area contributed by atoms with E-state index in [1.165, 1.54) is 0 Å². The number of aryl methyl sites for hydroxylation is 3. The molecule has 0 fully saturated rings. The Morgan fingerprint density at radius 3 is 2.75 bits per heavy atom. The summed E-state index contributed by atoms with van der Waals surface area (Å²) in [7, 11) is 0. The molecule has 0 aliphatic carbocycles. The third-order valence-electron chi connectivity index (χ3n) is 3.47. The number of hydrogen-bond acceptors (Lipinski definition) is 8. The van der Waals surface area contributed by atoms with Gasteiger partial charge in [-0.3, -0.25) is 4.79 Å². The van der Waals surface area contributed by atoms with E-state index in [0.717, 1.165) is 11.3 Å². The molecule has 10 nitrogen and oxygen atoms in total. The standard InChI is InChI=1S/C14H17N7O3/c1-8-11(9(2)23-18-8)6-13(22)15-4-5-21-7-12(17-20-21)14-16-10(3)19-24-14/h7H,4-6H2,1-3H3,(H,15,22). The molecule has 0 unspecified atom stereocenters. The lowest BCUT2D eigenvalue weighted by molar-refractivity contribution is -0.120. The van der Waals surface area contributed by atoms with Gasteiger partial charge in [0.1, 0.15) is 5.76 Å². The van der Waals surface area contributed by atoms with Gasteiger partial charge in [-0.25, -0.2) is 4.68 Å². The van der Waals surface area contributed by atoms with Crippen LogP contribution in [0.25, 0.3) is 11.6 Å². The Hall–Kier alpha value is -3.04. The highest BCUT2D eigenvalue weighted by Crippen LogP contribution is 2.13. The quantitative estimate of drug-likeness (QED) is 0.696. The molecule has 0 aliphatic rings. The van der Waals surface area contributed by atoms with E-state index in [4.69, 9.17) is 9.05 Å². The number of rotatable bonds is 6. The minimum atomic E-state index is -0.0998. The van der Waals surface area contributed by atoms with Gasteiger partial charge in [0.05, 0.1) is 24.9 Å². The third kappa shape index (κ3) is 3.47. The summed E-state index contributed by atoms with van der Waals surface area (Å²) in [5.74, 6) is 1.42. The predicted octanol–water partition coefficient (Wildman–Crippen LogP) is 0.600. The Labute approximate surface area is 137 Å². The molecule has 3 aromatic rings. The van der Waals surface area contributed by atoms with Gasteiger partial charge < -0.3 is 14.4 Å². The predicted molar refractivity (Wildman–Crippen MR) is 80.7 cm³/mol. The first kappa shape index (κ1) is 15.8. The smallest absolute Gasteiger partial charge is 0.280 e. The molecule has 10 heteroatoms. The average Bonchev–Trinajstić information content (AvgIpc) is 3.24. The Bertz CT molecular complexity index is 829. The molecule has 0 aromatic carbocycles. The van der Waals surface area contributed by atoms with Crippen molar-refractivity contribution in [3.05, 3.63) is 29.0 Å². The number of carbonyl (C=O) groups excluding carboxylic acids is 1. The Morgan fingerprint density at radius 1 is 1.25 bits per heavy atom. The van der Waals surface area contributed by atoms with Crippen molar-refractivity contribution in [3.63, 3.8) is 0 Å². The second-order valence-electron chi connectivity index (χ2n) is 5.34. The van der Waals surface area contributed by atoms with Gasteiger partial charge in [-0.05, 0) is 20.8 Å². The van der Waals surface area contributed by atoms with E-state index in [0.29, 0.717) is 36.3 Å². The molecule has 1 N–H and O–H groups in total. The van der Waals surface area contributed by atoms with Crippen molar-refractivity contribution in [2.75, 3.05) is 6.54 Å². The van der Waals surface area contributed by atoms with Crippen LogP contribution in [0.3, 0.4) is 0 Å². The van der Waals surface area contributed by atoms with Crippen LogP contribution in [0.4, 0.5) is 0 Å². The normalized spacial score (nSPS) is 11.0. The fourth-order valence-corrected chi connectivity index (χ4v) is 2.19. The van der Waals surface area contributed by atoms with Gasteiger partial charge in [-0.15, -0.1) is 5.10 Å². The third-order valence-corrected chi connectivity index (χ3v) is 3.47. The van der Waals surface area contributed by atoms with Crippen LogP contribution in [0.15, 0.2) is 15.2 Å². The molecular formula is C14H17N7O3. The summed E-state index contributed by atoms with van der Waals surface area (Å²) in [6.07, 6.45) is 1.93. The van der Waals surface area contributed by atoms with Crippen LogP contribution in [0.5, 0.6) is 0 Å². The Balaban J connectivity index is 1.50. The number of hydrogen-bond donors (Lipinski definition) is 1. The molecule has 0 spiro atoms. The van der Waals surface area contributed by atoms with Gasteiger partial charge >= 0.3 is 0 Å². The van der Waals surface area contributed by atoms with Crippen molar-refractivity contribution < 1.29 is 13.8 Å². The first-order valence-corrected chi connectivity index (χ1v) is 7.42. The largest absolute Gasteiger partial charge is 0.361 e. The zero-order valence-electron chi connectivity index (χ0n) is 13.6. The topological polar surface area (TPSA) is 125 Å². The maximum Gasteiger partial charge on any atom is 0.280 e. The van der Waals surface area contributed by atoms with E-state index in [2.05, 4.69) is 30.9 Å². The second kappa shape index (κ2) is 6.60. The van der Waals surface area contributed by atoms with Gasteiger partial charge in [0.15, 0.2) is 11.5 Å². The lowest BCUT2D eigenvalue weighted by Crippen LogP contribution is -2.29. The summed E-state index contributed by atoms with van der Waals surface area (Å²) >= 11 is 0. The minimum absolute atomic E-state index is 0.0998. The van der Waals surface area contributed by atoms with Crippen molar-refractivity contribution in [1.29, 1.82) is 0 Å². The van der Waals surface area contributed by atoms with E-state index in [1.54, 1.807) is 24.7 Å². The van der Waals surface area contributed by atoms with E-state index in [9.17, 15) is 4.79 Å². The highest BCUT2D eigenvalue weighted by atomic mass is 16.5. The number of nitrogens with one attached hydrogen (secondary N) is 1. The van der Waals surface area contributed by atoms with Crippen LogP contribution in [0, 0.1) is 20.8 Å². The van der Waals surface area contributed by atoms with E-state index >= 15 is 0 Å². The summed E-state index contributed by atoms with van der Waals surface area (Å²) in [4.78, 5) is 16.1. The van der Waals surface area contributed by atoms with Crippen molar-refractivity contribution in [2.45, 2.75) is 33.7 Å². The lowest BCUT2D eigenvalue weighted by Gasteiger charge is -2.04. The molecule has 0 saturated heterocycles. The second-order valence-corrected chi connectivity index (χ2v) is 5.34. The number of carbonyl (C=O) groups is 1. The molecule has 0 aliphatic heterocycles. The molecule has 0 bridgehead atoms. The maximum absolute atomic E-state index is 12.0.